The molecule has 1 aliphatic rings. The Labute approximate surface area is 169 Å². The highest BCUT2D eigenvalue weighted by Crippen LogP contribution is 2.41. The molecule has 0 bridgehead atoms. The topological polar surface area (TPSA) is 24.5 Å². The van der Waals surface area contributed by atoms with Gasteiger partial charge in [-0.1, -0.05) is 29.8 Å². The first kappa shape index (κ1) is 18.8. The lowest BCUT2D eigenvalue weighted by atomic mass is 9.95. The van der Waals surface area contributed by atoms with Gasteiger partial charge in [0.05, 0.1) is 12.6 Å². The average molecular weight is 401 g/mol. The minimum absolute atomic E-state index is 0.140. The fourth-order valence-corrected chi connectivity index (χ4v) is 5.08. The molecule has 1 aliphatic heterocycles. The molecule has 0 aliphatic carbocycles. The predicted molar refractivity (Wildman–Crippen MR) is 115 cm³/mol. The molecule has 0 radical (unpaired) electrons. The minimum atomic E-state index is 0.140. The molecular formula is C22H25ClN2OS. The van der Waals surface area contributed by atoms with Gasteiger partial charge in [-0.3, -0.25) is 4.90 Å². The predicted octanol–water partition coefficient (Wildman–Crippen LogP) is 5.34. The van der Waals surface area contributed by atoms with E-state index in [0.717, 1.165) is 48.9 Å². The van der Waals surface area contributed by atoms with Crippen LogP contribution in [0.5, 0.6) is 5.75 Å². The molecule has 1 aromatic heterocycles. The summed E-state index contributed by atoms with van der Waals surface area (Å²) in [5, 5.41) is 7.91. The summed E-state index contributed by atoms with van der Waals surface area (Å²) >= 11 is 8.24. The number of nitrogens with one attached hydrogen (secondary N) is 1. The Kier molecular flexibility index (Phi) is 5.98. The fourth-order valence-electron chi connectivity index (χ4n) is 3.92. The zero-order chi connectivity index (χ0) is 18.6. The maximum atomic E-state index is 6.43. The van der Waals surface area contributed by atoms with Crippen molar-refractivity contribution in [3.63, 3.8) is 0 Å². The van der Waals surface area contributed by atoms with Crippen molar-refractivity contribution in [2.45, 2.75) is 19.4 Å². The third-order valence-corrected chi connectivity index (χ3v) is 6.33. The first-order chi connectivity index (χ1) is 13.3. The van der Waals surface area contributed by atoms with Gasteiger partial charge >= 0.3 is 0 Å². The van der Waals surface area contributed by atoms with Crippen LogP contribution in [0.1, 0.15) is 30.5 Å². The summed E-state index contributed by atoms with van der Waals surface area (Å²) in [7, 11) is 0. The number of thiophene rings is 1. The number of halogens is 1. The monoisotopic (exact) mass is 400 g/mol. The number of nitrogens with zero attached hydrogens (tertiary/aromatic N) is 1. The van der Waals surface area contributed by atoms with E-state index in [9.17, 15) is 0 Å². The quantitative estimate of drug-likeness (QED) is 0.625. The number of rotatable bonds is 5. The van der Waals surface area contributed by atoms with Crippen molar-refractivity contribution >= 4 is 33.0 Å². The van der Waals surface area contributed by atoms with Gasteiger partial charge in [0.25, 0.3) is 0 Å². The van der Waals surface area contributed by atoms with Gasteiger partial charge in [0, 0.05) is 34.9 Å². The number of hydrogen-bond donors (Lipinski definition) is 1. The SMILES string of the molecule is CCOc1ccc(Cl)cc1C(c1csc2ccccc12)N1CCCNCC1. The number of benzene rings is 2. The van der Waals surface area contributed by atoms with Crippen LogP contribution in [0.25, 0.3) is 10.1 Å². The van der Waals surface area contributed by atoms with Crippen molar-refractivity contribution in [2.75, 3.05) is 32.8 Å². The van der Waals surface area contributed by atoms with E-state index in [0.29, 0.717) is 6.61 Å². The highest BCUT2D eigenvalue weighted by Gasteiger charge is 2.28. The smallest absolute Gasteiger partial charge is 0.124 e. The van der Waals surface area contributed by atoms with Crippen LogP contribution in [0.4, 0.5) is 0 Å². The van der Waals surface area contributed by atoms with Crippen LogP contribution in [0, 0.1) is 0 Å². The van der Waals surface area contributed by atoms with E-state index in [1.54, 1.807) is 0 Å². The van der Waals surface area contributed by atoms with Crippen molar-refractivity contribution in [1.29, 1.82) is 0 Å². The second-order valence-corrected chi connectivity index (χ2v) is 8.19. The molecule has 3 aromatic rings. The van der Waals surface area contributed by atoms with Crippen LogP contribution in [-0.4, -0.2) is 37.7 Å². The molecule has 4 rings (SSSR count). The van der Waals surface area contributed by atoms with Crippen molar-refractivity contribution in [3.8, 4) is 5.75 Å². The summed E-state index contributed by atoms with van der Waals surface area (Å²) in [6.45, 7) is 6.81. The molecule has 0 amide bonds. The maximum Gasteiger partial charge on any atom is 0.124 e. The maximum absolute atomic E-state index is 6.43. The second-order valence-electron chi connectivity index (χ2n) is 6.84. The van der Waals surface area contributed by atoms with Crippen LogP contribution in [0.15, 0.2) is 47.8 Å². The molecule has 0 spiro atoms. The van der Waals surface area contributed by atoms with Gasteiger partial charge in [-0.25, -0.2) is 0 Å². The Morgan fingerprint density at radius 2 is 2.04 bits per heavy atom. The van der Waals surface area contributed by atoms with Gasteiger partial charge < -0.3 is 10.1 Å². The molecule has 3 nitrogen and oxygen atoms in total. The normalized spacial score (nSPS) is 17.0. The van der Waals surface area contributed by atoms with Crippen LogP contribution in [0.2, 0.25) is 5.02 Å². The van der Waals surface area contributed by atoms with E-state index in [1.165, 1.54) is 15.6 Å². The Hall–Kier alpha value is -1.59. The summed E-state index contributed by atoms with van der Waals surface area (Å²) in [5.41, 5.74) is 2.51. The highest BCUT2D eigenvalue weighted by molar-refractivity contribution is 7.17. The van der Waals surface area contributed by atoms with Crippen LogP contribution >= 0.6 is 22.9 Å². The summed E-state index contributed by atoms with van der Waals surface area (Å²) in [4.78, 5) is 2.57. The van der Waals surface area contributed by atoms with Gasteiger partial charge in [0.15, 0.2) is 0 Å². The zero-order valence-electron chi connectivity index (χ0n) is 15.6. The first-order valence-electron chi connectivity index (χ1n) is 9.61. The Morgan fingerprint density at radius 3 is 2.93 bits per heavy atom. The largest absolute Gasteiger partial charge is 0.494 e. The molecule has 27 heavy (non-hydrogen) atoms. The summed E-state index contributed by atoms with van der Waals surface area (Å²) in [5.74, 6) is 0.930. The molecular weight excluding hydrogens is 376 g/mol. The summed E-state index contributed by atoms with van der Waals surface area (Å²) in [6, 6.07) is 14.8. The standard InChI is InChI=1S/C22H25ClN2OS/c1-2-26-20-9-8-16(23)14-18(20)22(25-12-5-10-24-11-13-25)19-15-27-21-7-4-3-6-17(19)21/h3-4,6-9,14-15,22,24H,2,5,10-13H2,1H3. The molecule has 2 aromatic carbocycles. The molecule has 1 unspecified atom stereocenters. The fraction of sp³-hybridized carbons (Fsp3) is 0.364. The highest BCUT2D eigenvalue weighted by atomic mass is 35.5. The van der Waals surface area contributed by atoms with Gasteiger partial charge in [0.1, 0.15) is 5.75 Å². The zero-order valence-corrected chi connectivity index (χ0v) is 17.2. The van der Waals surface area contributed by atoms with Crippen molar-refractivity contribution < 1.29 is 4.74 Å². The van der Waals surface area contributed by atoms with Crippen LogP contribution < -0.4 is 10.1 Å². The lowest BCUT2D eigenvalue weighted by Gasteiger charge is -2.32. The number of hydrogen-bond acceptors (Lipinski definition) is 4. The van der Waals surface area contributed by atoms with E-state index >= 15 is 0 Å². The van der Waals surface area contributed by atoms with E-state index in [4.69, 9.17) is 16.3 Å². The molecule has 5 heteroatoms. The van der Waals surface area contributed by atoms with Gasteiger partial charge in [-0.05, 0) is 60.5 Å². The molecule has 1 fully saturated rings. The van der Waals surface area contributed by atoms with E-state index in [1.807, 2.05) is 30.4 Å². The number of fused-ring (bicyclic) bond motifs is 1. The van der Waals surface area contributed by atoms with Gasteiger partial charge in [0.2, 0.25) is 0 Å². The molecule has 1 atom stereocenters. The van der Waals surface area contributed by atoms with Gasteiger partial charge in [-0.2, -0.15) is 0 Å². The Bertz CT molecular complexity index is 902. The minimum Gasteiger partial charge on any atom is -0.494 e. The summed E-state index contributed by atoms with van der Waals surface area (Å²) in [6.07, 6.45) is 1.14. The molecule has 0 saturated carbocycles. The lowest BCUT2D eigenvalue weighted by Crippen LogP contribution is -2.33. The van der Waals surface area contributed by atoms with E-state index in [-0.39, 0.29) is 6.04 Å². The molecule has 1 N–H and O–H groups in total. The summed E-state index contributed by atoms with van der Waals surface area (Å²) < 4.78 is 7.33. The van der Waals surface area contributed by atoms with Crippen molar-refractivity contribution in [2.24, 2.45) is 0 Å². The van der Waals surface area contributed by atoms with Crippen LogP contribution in [-0.2, 0) is 0 Å². The Balaban J connectivity index is 1.87. The average Bonchev–Trinajstić information content (AvgIpc) is 2.91. The number of ether oxygens (including phenoxy) is 1. The van der Waals surface area contributed by atoms with Crippen molar-refractivity contribution in [1.82, 2.24) is 10.2 Å². The lowest BCUT2D eigenvalue weighted by molar-refractivity contribution is 0.234. The van der Waals surface area contributed by atoms with Crippen LogP contribution in [0.3, 0.4) is 0 Å². The van der Waals surface area contributed by atoms with E-state index < -0.39 is 0 Å². The van der Waals surface area contributed by atoms with Crippen molar-refractivity contribution in [3.05, 3.63) is 64.0 Å². The van der Waals surface area contributed by atoms with Gasteiger partial charge in [-0.15, -0.1) is 11.3 Å². The van der Waals surface area contributed by atoms with E-state index in [2.05, 4.69) is 45.9 Å². The third kappa shape index (κ3) is 3.99. The second kappa shape index (κ2) is 8.61. The molecule has 142 valence electrons. The Morgan fingerprint density at radius 1 is 1.15 bits per heavy atom. The third-order valence-electron chi connectivity index (χ3n) is 5.11. The molecule has 1 saturated heterocycles. The molecule has 2 heterocycles. The first-order valence-corrected chi connectivity index (χ1v) is 10.9.